The molecule has 2 nitrogen and oxygen atoms in total. The number of ether oxygens (including phenoxy) is 1. The second-order valence-electron chi connectivity index (χ2n) is 5.41. The van der Waals surface area contributed by atoms with Crippen LogP contribution in [0.5, 0.6) is 0 Å². The normalized spacial score (nSPS) is 21.9. The molecule has 1 unspecified atom stereocenters. The van der Waals surface area contributed by atoms with Gasteiger partial charge in [-0.25, -0.2) is 0 Å². The zero-order chi connectivity index (χ0) is 11.9. The molecule has 0 heterocycles. The number of methoxy groups -OCH3 is 1. The Hall–Kier alpha value is -0.0800. The van der Waals surface area contributed by atoms with Crippen molar-refractivity contribution >= 4 is 0 Å². The fourth-order valence-corrected chi connectivity index (χ4v) is 3.53. The molecule has 0 saturated heterocycles. The highest BCUT2D eigenvalue weighted by molar-refractivity contribution is 4.89. The second kappa shape index (κ2) is 7.29. The molecule has 2 heteroatoms. The number of rotatable bonds is 7. The monoisotopic (exact) mass is 227 g/mol. The Balaban J connectivity index is 2.70. The third-order valence-corrected chi connectivity index (χ3v) is 4.18. The van der Waals surface area contributed by atoms with Crippen LogP contribution < -0.4 is 5.32 Å². The van der Waals surface area contributed by atoms with Gasteiger partial charge in [-0.05, 0) is 32.2 Å². The predicted octanol–water partition coefficient (Wildman–Crippen LogP) is 3.22. The van der Waals surface area contributed by atoms with Gasteiger partial charge in [-0.2, -0.15) is 0 Å². The molecule has 0 spiro atoms. The highest BCUT2D eigenvalue weighted by Gasteiger charge is 2.37. The lowest BCUT2D eigenvalue weighted by atomic mass is 9.66. The maximum absolute atomic E-state index is 5.53. The molecular weight excluding hydrogens is 198 g/mol. The molecule has 1 fully saturated rings. The van der Waals surface area contributed by atoms with Crippen LogP contribution in [0.4, 0.5) is 0 Å². The van der Waals surface area contributed by atoms with E-state index in [1.165, 1.54) is 44.9 Å². The molecule has 1 N–H and O–H groups in total. The van der Waals surface area contributed by atoms with Crippen LogP contribution in [0.25, 0.3) is 0 Å². The largest absolute Gasteiger partial charge is 0.384 e. The summed E-state index contributed by atoms with van der Waals surface area (Å²) >= 11 is 0. The van der Waals surface area contributed by atoms with Crippen LogP contribution in [0, 0.1) is 11.3 Å². The molecule has 1 aliphatic rings. The standard InChI is InChI=1S/C14H29NO/c1-4-10-14(11-15-2,12-16-3)13-8-6-5-7-9-13/h13,15H,4-12H2,1-3H3. The van der Waals surface area contributed by atoms with Crippen molar-refractivity contribution in [1.82, 2.24) is 5.32 Å². The first-order chi connectivity index (χ1) is 7.79. The van der Waals surface area contributed by atoms with Crippen molar-refractivity contribution in [2.24, 2.45) is 11.3 Å². The third kappa shape index (κ3) is 3.46. The van der Waals surface area contributed by atoms with Gasteiger partial charge >= 0.3 is 0 Å². The molecule has 0 aromatic carbocycles. The Morgan fingerprint density at radius 3 is 2.44 bits per heavy atom. The van der Waals surface area contributed by atoms with E-state index in [2.05, 4.69) is 19.3 Å². The van der Waals surface area contributed by atoms with Crippen LogP contribution in [-0.4, -0.2) is 27.3 Å². The summed E-state index contributed by atoms with van der Waals surface area (Å²) in [5.74, 6) is 0.869. The molecule has 0 amide bonds. The topological polar surface area (TPSA) is 21.3 Å². The van der Waals surface area contributed by atoms with E-state index in [0.29, 0.717) is 5.41 Å². The van der Waals surface area contributed by atoms with Crippen molar-refractivity contribution in [3.63, 3.8) is 0 Å². The molecule has 0 bridgehead atoms. The molecule has 16 heavy (non-hydrogen) atoms. The minimum absolute atomic E-state index is 0.388. The van der Waals surface area contributed by atoms with Gasteiger partial charge in [-0.3, -0.25) is 0 Å². The molecule has 0 aromatic heterocycles. The minimum Gasteiger partial charge on any atom is -0.384 e. The van der Waals surface area contributed by atoms with E-state index in [0.717, 1.165) is 19.1 Å². The Bertz CT molecular complexity index is 159. The Morgan fingerprint density at radius 2 is 1.94 bits per heavy atom. The maximum Gasteiger partial charge on any atom is 0.0533 e. The van der Waals surface area contributed by atoms with Crippen molar-refractivity contribution in [2.45, 2.75) is 51.9 Å². The van der Waals surface area contributed by atoms with Crippen LogP contribution in [0.3, 0.4) is 0 Å². The van der Waals surface area contributed by atoms with Crippen LogP contribution in [0.2, 0.25) is 0 Å². The van der Waals surface area contributed by atoms with Crippen molar-refractivity contribution < 1.29 is 4.74 Å². The molecule has 1 saturated carbocycles. The quantitative estimate of drug-likeness (QED) is 0.721. The van der Waals surface area contributed by atoms with Gasteiger partial charge in [-0.1, -0.05) is 32.6 Å². The zero-order valence-corrected chi connectivity index (χ0v) is 11.3. The molecule has 0 aromatic rings. The average molecular weight is 227 g/mol. The summed E-state index contributed by atoms with van der Waals surface area (Å²) in [6.07, 6.45) is 9.66. The average Bonchev–Trinajstić information content (AvgIpc) is 2.31. The summed E-state index contributed by atoms with van der Waals surface area (Å²) < 4.78 is 5.53. The Kier molecular flexibility index (Phi) is 6.37. The minimum atomic E-state index is 0.388. The fraction of sp³-hybridized carbons (Fsp3) is 1.00. The van der Waals surface area contributed by atoms with E-state index >= 15 is 0 Å². The van der Waals surface area contributed by atoms with E-state index < -0.39 is 0 Å². The van der Waals surface area contributed by atoms with Crippen LogP contribution in [-0.2, 0) is 4.74 Å². The maximum atomic E-state index is 5.53. The van der Waals surface area contributed by atoms with Gasteiger partial charge in [0.25, 0.3) is 0 Å². The van der Waals surface area contributed by atoms with Crippen LogP contribution in [0.1, 0.15) is 51.9 Å². The lowest BCUT2D eigenvalue weighted by Crippen LogP contribution is -2.43. The summed E-state index contributed by atoms with van der Waals surface area (Å²) in [6, 6.07) is 0. The molecular formula is C14H29NO. The van der Waals surface area contributed by atoms with Gasteiger partial charge in [0.2, 0.25) is 0 Å². The zero-order valence-electron chi connectivity index (χ0n) is 11.3. The highest BCUT2D eigenvalue weighted by Crippen LogP contribution is 2.41. The van der Waals surface area contributed by atoms with Crippen molar-refractivity contribution in [1.29, 1.82) is 0 Å². The number of nitrogens with one attached hydrogen (secondary N) is 1. The Labute approximate surface area is 101 Å². The molecule has 1 atom stereocenters. The fourth-order valence-electron chi connectivity index (χ4n) is 3.53. The van der Waals surface area contributed by atoms with Crippen molar-refractivity contribution in [3.8, 4) is 0 Å². The predicted molar refractivity (Wildman–Crippen MR) is 69.7 cm³/mol. The smallest absolute Gasteiger partial charge is 0.0533 e. The summed E-state index contributed by atoms with van der Waals surface area (Å²) in [5, 5.41) is 3.40. The van der Waals surface area contributed by atoms with E-state index in [1.807, 2.05) is 7.11 Å². The highest BCUT2D eigenvalue weighted by atomic mass is 16.5. The van der Waals surface area contributed by atoms with E-state index in [4.69, 9.17) is 4.74 Å². The van der Waals surface area contributed by atoms with E-state index in [1.54, 1.807) is 0 Å². The van der Waals surface area contributed by atoms with Gasteiger partial charge in [0.1, 0.15) is 0 Å². The first-order valence-electron chi connectivity index (χ1n) is 6.92. The summed E-state index contributed by atoms with van der Waals surface area (Å²) in [5.41, 5.74) is 0.388. The van der Waals surface area contributed by atoms with Crippen LogP contribution in [0.15, 0.2) is 0 Å². The van der Waals surface area contributed by atoms with E-state index in [-0.39, 0.29) is 0 Å². The van der Waals surface area contributed by atoms with Crippen LogP contribution >= 0.6 is 0 Å². The molecule has 96 valence electrons. The van der Waals surface area contributed by atoms with Gasteiger partial charge in [0.05, 0.1) is 6.61 Å². The SMILES string of the molecule is CCCC(CNC)(COC)C1CCCCC1. The molecule has 0 aliphatic heterocycles. The summed E-state index contributed by atoms with van der Waals surface area (Å²) in [6.45, 7) is 4.33. The molecule has 1 aliphatic carbocycles. The first kappa shape index (κ1) is 14.0. The summed E-state index contributed by atoms with van der Waals surface area (Å²) in [7, 11) is 3.92. The third-order valence-electron chi connectivity index (χ3n) is 4.18. The lowest BCUT2D eigenvalue weighted by Gasteiger charge is -2.42. The first-order valence-corrected chi connectivity index (χ1v) is 6.92. The van der Waals surface area contributed by atoms with Crippen molar-refractivity contribution in [2.75, 3.05) is 27.3 Å². The number of hydrogen-bond acceptors (Lipinski definition) is 2. The Morgan fingerprint density at radius 1 is 1.25 bits per heavy atom. The molecule has 1 rings (SSSR count). The lowest BCUT2D eigenvalue weighted by molar-refractivity contribution is 0.00918. The summed E-state index contributed by atoms with van der Waals surface area (Å²) in [4.78, 5) is 0. The molecule has 0 radical (unpaired) electrons. The van der Waals surface area contributed by atoms with Gasteiger partial charge in [-0.15, -0.1) is 0 Å². The number of hydrogen-bond donors (Lipinski definition) is 1. The van der Waals surface area contributed by atoms with Gasteiger partial charge in [0.15, 0.2) is 0 Å². The van der Waals surface area contributed by atoms with E-state index in [9.17, 15) is 0 Å². The second-order valence-corrected chi connectivity index (χ2v) is 5.41. The van der Waals surface area contributed by atoms with Crippen molar-refractivity contribution in [3.05, 3.63) is 0 Å². The van der Waals surface area contributed by atoms with Gasteiger partial charge < -0.3 is 10.1 Å². The van der Waals surface area contributed by atoms with Gasteiger partial charge in [0, 0.05) is 19.1 Å².